The van der Waals surface area contributed by atoms with E-state index in [0.29, 0.717) is 6.42 Å². The number of esters is 1. The van der Waals surface area contributed by atoms with Crippen LogP contribution in [0.15, 0.2) is 48.6 Å². The number of aliphatic hydroxyl groups excluding tert-OH is 1. The average molecular weight is 810 g/mol. The maximum absolute atomic E-state index is 12.1. The van der Waals surface area contributed by atoms with Crippen LogP contribution in [0.3, 0.4) is 0 Å². The zero-order chi connectivity index (χ0) is 41.1. The maximum Gasteiger partial charge on any atom is 0.472 e. The molecule has 0 aliphatic heterocycles. The molecule has 0 saturated heterocycles. The van der Waals surface area contributed by atoms with Crippen LogP contribution in [0.5, 0.6) is 0 Å². The van der Waals surface area contributed by atoms with E-state index < -0.39 is 26.5 Å². The molecule has 0 aliphatic carbocycles. The number of allylic oxidation sites excluding steroid dienone is 8. The number of hydrogen-bond acceptors (Lipinski definition) is 7. The van der Waals surface area contributed by atoms with E-state index in [1.54, 1.807) is 0 Å². The minimum atomic E-state index is -4.42. The Kier molecular flexibility index (Phi) is 41.0. The third-order valence-corrected chi connectivity index (χ3v) is 10.5. The molecular weight excluding hydrogens is 725 g/mol. The first-order valence-electron chi connectivity index (χ1n) is 22.6. The van der Waals surface area contributed by atoms with Crippen LogP contribution in [0.4, 0.5) is 0 Å². The fourth-order valence-corrected chi connectivity index (χ4v) is 6.79. The number of aliphatic hydroxyl groups is 1. The second-order valence-corrected chi connectivity index (χ2v) is 16.5. The molecule has 0 spiro atoms. The summed E-state index contributed by atoms with van der Waals surface area (Å²) in [5.74, 6) is -0.537. The molecule has 0 heterocycles. The Hall–Kier alpha value is -2.03. The van der Waals surface area contributed by atoms with Crippen LogP contribution < -0.4 is 5.32 Å². The van der Waals surface area contributed by atoms with Crippen LogP contribution in [0.25, 0.3) is 0 Å². The van der Waals surface area contributed by atoms with E-state index in [-0.39, 0.29) is 32.1 Å². The SMILES string of the molecule is CCCCC/C=C\C/C=C\C/C=C\CCCCCCCCC(=O)NCCOP(=O)(O)OCC(O)COC(=O)CCCCCCC/C=C\CCCCCCCCC. The van der Waals surface area contributed by atoms with E-state index in [0.717, 1.165) is 83.5 Å². The van der Waals surface area contributed by atoms with Gasteiger partial charge in [0.1, 0.15) is 12.7 Å². The van der Waals surface area contributed by atoms with Gasteiger partial charge in [-0.1, -0.05) is 159 Å². The Morgan fingerprint density at radius 2 is 0.964 bits per heavy atom. The second kappa shape index (κ2) is 42.6. The van der Waals surface area contributed by atoms with Crippen molar-refractivity contribution in [3.05, 3.63) is 48.6 Å². The molecule has 0 aromatic heterocycles. The predicted octanol–water partition coefficient (Wildman–Crippen LogP) is 12.7. The Morgan fingerprint density at radius 3 is 1.50 bits per heavy atom. The van der Waals surface area contributed by atoms with Gasteiger partial charge in [0.2, 0.25) is 5.91 Å². The fourth-order valence-electron chi connectivity index (χ4n) is 6.03. The molecule has 0 radical (unpaired) electrons. The molecule has 0 aromatic carbocycles. The van der Waals surface area contributed by atoms with E-state index in [2.05, 4.69) is 67.8 Å². The Morgan fingerprint density at radius 1 is 0.554 bits per heavy atom. The van der Waals surface area contributed by atoms with Gasteiger partial charge in [-0.05, 0) is 77.0 Å². The number of carbonyl (C=O) groups excluding carboxylic acids is 2. The van der Waals surface area contributed by atoms with Crippen LogP contribution in [0.2, 0.25) is 0 Å². The quantitative estimate of drug-likeness (QED) is 0.0240. The summed E-state index contributed by atoms with van der Waals surface area (Å²) in [7, 11) is -4.42. The number of rotatable bonds is 42. The number of unbranched alkanes of at least 4 members (excludes halogenated alkanes) is 21. The minimum absolute atomic E-state index is 0.0722. The number of phosphoric ester groups is 1. The van der Waals surface area contributed by atoms with E-state index in [1.807, 2.05) is 0 Å². The highest BCUT2D eigenvalue weighted by atomic mass is 31.2. The molecule has 2 unspecified atom stereocenters. The van der Waals surface area contributed by atoms with Crippen molar-refractivity contribution in [3.63, 3.8) is 0 Å². The summed E-state index contributed by atoms with van der Waals surface area (Å²) < 4.78 is 26.9. The van der Waals surface area contributed by atoms with Crippen molar-refractivity contribution in [1.82, 2.24) is 5.32 Å². The number of carbonyl (C=O) groups is 2. The molecule has 326 valence electrons. The van der Waals surface area contributed by atoms with Gasteiger partial charge in [0.05, 0.1) is 13.2 Å². The summed E-state index contributed by atoms with van der Waals surface area (Å²) in [6.45, 7) is 3.50. The number of amides is 1. The van der Waals surface area contributed by atoms with Crippen molar-refractivity contribution in [1.29, 1.82) is 0 Å². The van der Waals surface area contributed by atoms with E-state index in [1.165, 1.54) is 89.9 Å². The summed E-state index contributed by atoms with van der Waals surface area (Å²) in [6.07, 6.45) is 48.9. The summed E-state index contributed by atoms with van der Waals surface area (Å²) in [5.41, 5.74) is 0. The van der Waals surface area contributed by atoms with Crippen LogP contribution in [-0.2, 0) is 27.9 Å². The van der Waals surface area contributed by atoms with Crippen molar-refractivity contribution >= 4 is 19.7 Å². The molecule has 0 bridgehead atoms. The van der Waals surface area contributed by atoms with E-state index in [4.69, 9.17) is 13.8 Å². The number of phosphoric acid groups is 1. The second-order valence-electron chi connectivity index (χ2n) is 15.0. The molecule has 56 heavy (non-hydrogen) atoms. The maximum atomic E-state index is 12.1. The van der Waals surface area contributed by atoms with Gasteiger partial charge in [-0.25, -0.2) is 4.57 Å². The first-order valence-corrected chi connectivity index (χ1v) is 24.1. The molecule has 3 N–H and O–H groups in total. The monoisotopic (exact) mass is 810 g/mol. The van der Waals surface area contributed by atoms with Gasteiger partial charge in [0.25, 0.3) is 0 Å². The van der Waals surface area contributed by atoms with E-state index in [9.17, 15) is 24.2 Å². The molecule has 0 aliphatic rings. The lowest BCUT2D eigenvalue weighted by Gasteiger charge is -2.15. The van der Waals surface area contributed by atoms with Gasteiger partial charge in [0.15, 0.2) is 0 Å². The summed E-state index contributed by atoms with van der Waals surface area (Å²) >= 11 is 0. The molecule has 10 heteroatoms. The van der Waals surface area contributed by atoms with Crippen LogP contribution >= 0.6 is 7.82 Å². The first-order chi connectivity index (χ1) is 27.3. The van der Waals surface area contributed by atoms with Gasteiger partial charge in [0, 0.05) is 19.4 Å². The number of ether oxygens (including phenoxy) is 1. The fraction of sp³-hybridized carbons (Fsp3) is 0.783. The van der Waals surface area contributed by atoms with Crippen molar-refractivity contribution in [2.75, 3.05) is 26.4 Å². The number of nitrogens with one attached hydrogen (secondary N) is 1. The first kappa shape index (κ1) is 54.0. The Balaban J connectivity index is 3.63. The normalized spacial score (nSPS) is 13.7. The molecule has 0 aromatic rings. The van der Waals surface area contributed by atoms with Gasteiger partial charge in [-0.2, -0.15) is 0 Å². The van der Waals surface area contributed by atoms with Crippen LogP contribution in [-0.4, -0.2) is 54.3 Å². The van der Waals surface area contributed by atoms with Gasteiger partial charge >= 0.3 is 13.8 Å². The van der Waals surface area contributed by atoms with Crippen molar-refractivity contribution in [3.8, 4) is 0 Å². The molecule has 9 nitrogen and oxygen atoms in total. The number of hydrogen-bond donors (Lipinski definition) is 3. The van der Waals surface area contributed by atoms with E-state index >= 15 is 0 Å². The topological polar surface area (TPSA) is 131 Å². The van der Waals surface area contributed by atoms with Gasteiger partial charge in [-0.15, -0.1) is 0 Å². The largest absolute Gasteiger partial charge is 0.472 e. The Bertz CT molecular complexity index is 1060. The lowest BCUT2D eigenvalue weighted by atomic mass is 10.1. The predicted molar refractivity (Wildman–Crippen MR) is 234 cm³/mol. The summed E-state index contributed by atoms with van der Waals surface area (Å²) in [6, 6.07) is 0. The third kappa shape index (κ3) is 43.1. The van der Waals surface area contributed by atoms with Crippen molar-refractivity contribution in [2.24, 2.45) is 0 Å². The zero-order valence-corrected chi connectivity index (χ0v) is 36.7. The van der Waals surface area contributed by atoms with Gasteiger partial charge in [-0.3, -0.25) is 18.6 Å². The lowest BCUT2D eigenvalue weighted by molar-refractivity contribution is -0.147. The smallest absolute Gasteiger partial charge is 0.463 e. The molecular formula is C46H84NO8P. The Labute approximate surface area is 343 Å². The summed E-state index contributed by atoms with van der Waals surface area (Å²) in [5, 5.41) is 12.7. The van der Waals surface area contributed by atoms with Crippen LogP contribution in [0.1, 0.15) is 200 Å². The molecule has 0 fully saturated rings. The van der Waals surface area contributed by atoms with Crippen molar-refractivity contribution < 1.29 is 37.9 Å². The highest BCUT2D eigenvalue weighted by Gasteiger charge is 2.23. The highest BCUT2D eigenvalue weighted by Crippen LogP contribution is 2.42. The summed E-state index contributed by atoms with van der Waals surface area (Å²) in [4.78, 5) is 33.9. The van der Waals surface area contributed by atoms with Crippen LogP contribution in [0, 0.1) is 0 Å². The highest BCUT2D eigenvalue weighted by molar-refractivity contribution is 7.47. The third-order valence-electron chi connectivity index (χ3n) is 9.48. The molecule has 0 saturated carbocycles. The molecule has 1 amide bonds. The molecule has 2 atom stereocenters. The molecule has 0 rings (SSSR count). The average Bonchev–Trinajstić information content (AvgIpc) is 3.18. The lowest BCUT2D eigenvalue weighted by Crippen LogP contribution is -2.27. The van der Waals surface area contributed by atoms with Gasteiger partial charge < -0.3 is 20.1 Å². The van der Waals surface area contributed by atoms with Crippen molar-refractivity contribution in [2.45, 2.75) is 206 Å². The standard InChI is InChI=1S/C46H84NO8P/c1-3-5-7-9-11-13-15-17-19-21-22-23-24-26-28-30-32-34-36-38-45(49)47-40-41-54-56(51,52)55-43-44(48)42-53-46(50)39-37-35-33-31-29-27-25-20-18-16-14-12-10-8-6-4-2/h11,13,17,19-20,22-23,25,44,48H,3-10,12,14-16,18,21,24,26-43H2,1-2H3,(H,47,49)(H,51,52)/b13-11-,19-17-,23-22-,25-20-. The minimum Gasteiger partial charge on any atom is -0.463 e. The zero-order valence-electron chi connectivity index (χ0n) is 35.8.